The lowest BCUT2D eigenvalue weighted by Crippen LogP contribution is -2.38. The van der Waals surface area contributed by atoms with Crippen molar-refractivity contribution in [2.24, 2.45) is 0 Å². The lowest BCUT2D eigenvalue weighted by molar-refractivity contribution is -0.116. The number of methoxy groups -OCH3 is 1. The fraction of sp³-hybridized carbons (Fsp3) is 0.207. The molecule has 1 heterocycles. The summed E-state index contributed by atoms with van der Waals surface area (Å²) in [6, 6.07) is 23.0. The molecule has 0 aliphatic rings. The third kappa shape index (κ3) is 5.63. The number of amides is 2. The van der Waals surface area contributed by atoms with Crippen LogP contribution in [0.25, 0.3) is 16.9 Å². The molecule has 36 heavy (non-hydrogen) atoms. The second-order valence-electron chi connectivity index (χ2n) is 8.62. The fourth-order valence-electron chi connectivity index (χ4n) is 3.84. The highest BCUT2D eigenvalue weighted by molar-refractivity contribution is 5.99. The second kappa shape index (κ2) is 10.9. The molecule has 0 unspecified atom stereocenters. The monoisotopic (exact) mass is 482 g/mol. The van der Waals surface area contributed by atoms with Gasteiger partial charge in [-0.2, -0.15) is 0 Å². The molecule has 4 aromatic rings. The van der Waals surface area contributed by atoms with Gasteiger partial charge in [0.15, 0.2) is 0 Å². The molecule has 4 rings (SSSR count). The van der Waals surface area contributed by atoms with Crippen molar-refractivity contribution in [1.82, 2.24) is 14.5 Å². The Morgan fingerprint density at radius 2 is 1.64 bits per heavy atom. The maximum Gasteiger partial charge on any atom is 0.254 e. The number of benzene rings is 3. The smallest absolute Gasteiger partial charge is 0.254 e. The largest absolute Gasteiger partial charge is 0.497 e. The summed E-state index contributed by atoms with van der Waals surface area (Å²) in [4.78, 5) is 32.3. The van der Waals surface area contributed by atoms with E-state index in [1.54, 1.807) is 31.4 Å². The van der Waals surface area contributed by atoms with Gasteiger partial charge in [0.05, 0.1) is 12.8 Å². The van der Waals surface area contributed by atoms with Crippen molar-refractivity contribution >= 4 is 17.8 Å². The van der Waals surface area contributed by atoms with Crippen molar-refractivity contribution in [3.8, 4) is 22.7 Å². The highest BCUT2D eigenvalue weighted by Crippen LogP contribution is 2.25. The van der Waals surface area contributed by atoms with Gasteiger partial charge in [-0.3, -0.25) is 19.5 Å². The van der Waals surface area contributed by atoms with E-state index in [1.165, 1.54) is 4.90 Å². The van der Waals surface area contributed by atoms with Crippen LogP contribution in [-0.2, 0) is 4.79 Å². The van der Waals surface area contributed by atoms with Crippen LogP contribution in [0.3, 0.4) is 0 Å². The van der Waals surface area contributed by atoms with E-state index in [1.807, 2.05) is 80.1 Å². The molecule has 0 aliphatic carbocycles. The number of aryl methyl sites for hydroxylation is 2. The standard InChI is InChI=1S/C29H30N4O3/c1-5-32(28(35)23-7-6-8-25(17-23)36-4)19-27(34)31-29-30-26(22-13-9-20(2)10-14-22)18-33(29)24-15-11-21(3)12-16-24/h6-18H,5,19H2,1-4H3,(H,30,31,34). The normalized spacial score (nSPS) is 10.7. The summed E-state index contributed by atoms with van der Waals surface area (Å²) in [5.74, 6) is 0.408. The number of likely N-dealkylation sites (N-methyl/N-ethyl adjacent to an activating group) is 1. The maximum absolute atomic E-state index is 13.1. The highest BCUT2D eigenvalue weighted by Gasteiger charge is 2.20. The number of ether oxygens (including phenoxy) is 1. The number of carbonyl (C=O) groups is 2. The van der Waals surface area contributed by atoms with Gasteiger partial charge < -0.3 is 9.64 Å². The van der Waals surface area contributed by atoms with Gasteiger partial charge in [-0.25, -0.2) is 4.98 Å². The average Bonchev–Trinajstić information content (AvgIpc) is 3.31. The first-order valence-corrected chi connectivity index (χ1v) is 11.8. The number of hydrogen-bond donors (Lipinski definition) is 1. The molecule has 0 radical (unpaired) electrons. The van der Waals surface area contributed by atoms with Crippen LogP contribution in [0.1, 0.15) is 28.4 Å². The zero-order chi connectivity index (χ0) is 25.7. The molecule has 7 nitrogen and oxygen atoms in total. The molecule has 0 fully saturated rings. The molecular weight excluding hydrogens is 452 g/mol. The molecule has 0 saturated carbocycles. The van der Waals surface area contributed by atoms with E-state index in [2.05, 4.69) is 5.32 Å². The Kier molecular flexibility index (Phi) is 7.49. The molecule has 0 saturated heterocycles. The zero-order valence-electron chi connectivity index (χ0n) is 21.0. The third-order valence-corrected chi connectivity index (χ3v) is 5.94. The fourth-order valence-corrected chi connectivity index (χ4v) is 3.84. The van der Waals surface area contributed by atoms with Gasteiger partial charge in [0.1, 0.15) is 12.3 Å². The van der Waals surface area contributed by atoms with Crippen molar-refractivity contribution in [2.45, 2.75) is 20.8 Å². The lowest BCUT2D eigenvalue weighted by atomic mass is 10.1. The molecule has 0 atom stereocenters. The molecule has 0 spiro atoms. The topological polar surface area (TPSA) is 76.5 Å². The SMILES string of the molecule is CCN(CC(=O)Nc1nc(-c2ccc(C)cc2)cn1-c1ccc(C)cc1)C(=O)c1cccc(OC)c1. The summed E-state index contributed by atoms with van der Waals surface area (Å²) >= 11 is 0. The Hall–Kier alpha value is -4.39. The van der Waals surface area contributed by atoms with Crippen molar-refractivity contribution in [3.05, 3.63) is 95.7 Å². The van der Waals surface area contributed by atoms with Gasteiger partial charge >= 0.3 is 0 Å². The van der Waals surface area contributed by atoms with E-state index in [9.17, 15) is 9.59 Å². The van der Waals surface area contributed by atoms with E-state index < -0.39 is 0 Å². The van der Waals surface area contributed by atoms with Crippen LogP contribution in [0.5, 0.6) is 5.75 Å². The average molecular weight is 483 g/mol. The lowest BCUT2D eigenvalue weighted by Gasteiger charge is -2.20. The number of aromatic nitrogens is 2. The Bertz CT molecular complexity index is 1360. The van der Waals surface area contributed by atoms with Crippen molar-refractivity contribution < 1.29 is 14.3 Å². The van der Waals surface area contributed by atoms with Crippen molar-refractivity contribution in [2.75, 3.05) is 25.5 Å². The molecule has 184 valence electrons. The predicted molar refractivity (Wildman–Crippen MR) is 142 cm³/mol. The van der Waals surface area contributed by atoms with Crippen molar-refractivity contribution in [3.63, 3.8) is 0 Å². The zero-order valence-corrected chi connectivity index (χ0v) is 21.0. The molecule has 3 aromatic carbocycles. The molecule has 0 aliphatic heterocycles. The first kappa shape index (κ1) is 24.7. The van der Waals surface area contributed by atoms with Gasteiger partial charge in [0, 0.05) is 29.6 Å². The van der Waals surface area contributed by atoms with Crippen LogP contribution in [0.15, 0.2) is 79.0 Å². The second-order valence-corrected chi connectivity index (χ2v) is 8.62. The Morgan fingerprint density at radius 1 is 0.972 bits per heavy atom. The summed E-state index contributed by atoms with van der Waals surface area (Å²) in [6.45, 7) is 6.18. The van der Waals surface area contributed by atoms with Crippen LogP contribution in [0.4, 0.5) is 5.95 Å². The molecule has 1 N–H and O–H groups in total. The first-order chi connectivity index (χ1) is 17.4. The molecular formula is C29H30N4O3. The predicted octanol–water partition coefficient (Wildman–Crippen LogP) is 5.27. The van der Waals surface area contributed by atoms with Gasteiger partial charge in [-0.1, -0.05) is 53.6 Å². The number of carbonyl (C=O) groups excluding carboxylic acids is 2. The number of hydrogen-bond acceptors (Lipinski definition) is 4. The molecule has 7 heteroatoms. The molecule has 2 amide bonds. The number of imidazole rings is 1. The number of nitrogens with one attached hydrogen (secondary N) is 1. The van der Waals surface area contributed by atoms with Crippen LogP contribution < -0.4 is 10.1 Å². The van der Waals surface area contributed by atoms with Gasteiger partial charge in [-0.05, 0) is 51.1 Å². The number of anilines is 1. The third-order valence-electron chi connectivity index (χ3n) is 5.94. The van der Waals surface area contributed by atoms with Crippen LogP contribution in [-0.4, -0.2) is 46.5 Å². The van der Waals surface area contributed by atoms with E-state index in [0.29, 0.717) is 23.8 Å². The molecule has 1 aromatic heterocycles. The Morgan fingerprint density at radius 3 is 2.28 bits per heavy atom. The van der Waals surface area contributed by atoms with Crippen molar-refractivity contribution in [1.29, 1.82) is 0 Å². The van der Waals surface area contributed by atoms with Gasteiger partial charge in [0.25, 0.3) is 5.91 Å². The van der Waals surface area contributed by atoms with E-state index in [4.69, 9.17) is 9.72 Å². The van der Waals surface area contributed by atoms with E-state index in [0.717, 1.165) is 28.1 Å². The Balaban J connectivity index is 1.59. The quantitative estimate of drug-likeness (QED) is 0.371. The van der Waals surface area contributed by atoms with Gasteiger partial charge in [-0.15, -0.1) is 0 Å². The minimum atomic E-state index is -0.331. The van der Waals surface area contributed by atoms with Gasteiger partial charge in [0.2, 0.25) is 11.9 Å². The maximum atomic E-state index is 13.1. The van der Waals surface area contributed by atoms with Crippen LogP contribution in [0.2, 0.25) is 0 Å². The first-order valence-electron chi connectivity index (χ1n) is 11.8. The van der Waals surface area contributed by atoms with Crippen LogP contribution >= 0.6 is 0 Å². The summed E-state index contributed by atoms with van der Waals surface area (Å²) in [7, 11) is 1.55. The Labute approximate surface area is 211 Å². The van der Waals surface area contributed by atoms with Crippen LogP contribution in [0, 0.1) is 13.8 Å². The summed E-state index contributed by atoms with van der Waals surface area (Å²) in [5, 5.41) is 2.91. The highest BCUT2D eigenvalue weighted by atomic mass is 16.5. The van der Waals surface area contributed by atoms with E-state index >= 15 is 0 Å². The summed E-state index contributed by atoms with van der Waals surface area (Å²) in [6.07, 6.45) is 1.91. The van der Waals surface area contributed by atoms with E-state index in [-0.39, 0.29) is 18.4 Å². The minimum Gasteiger partial charge on any atom is -0.497 e. The minimum absolute atomic E-state index is 0.104. The number of nitrogens with zero attached hydrogens (tertiary/aromatic N) is 3. The molecule has 0 bridgehead atoms. The summed E-state index contributed by atoms with van der Waals surface area (Å²) < 4.78 is 7.08. The number of rotatable bonds is 8. The summed E-state index contributed by atoms with van der Waals surface area (Å²) in [5.41, 5.74) is 5.33.